The lowest BCUT2D eigenvalue weighted by molar-refractivity contribution is -0.126. The predicted molar refractivity (Wildman–Crippen MR) is 77.6 cm³/mol. The van der Waals surface area contributed by atoms with Gasteiger partial charge < -0.3 is 11.1 Å². The number of hydrogen-bond donors (Lipinski definition) is 2. The molecular weight excluding hydrogens is 255 g/mol. The van der Waals surface area contributed by atoms with Crippen molar-refractivity contribution in [1.82, 2.24) is 5.32 Å². The summed E-state index contributed by atoms with van der Waals surface area (Å²) >= 11 is 0. The highest BCUT2D eigenvalue weighted by atomic mass is 19.1. The van der Waals surface area contributed by atoms with E-state index >= 15 is 0 Å². The molecular formula is C16H23FN2O. The highest BCUT2D eigenvalue weighted by Crippen LogP contribution is 2.31. The average Bonchev–Trinajstić information content (AvgIpc) is 2.90. The molecule has 110 valence electrons. The first-order valence-corrected chi connectivity index (χ1v) is 7.29. The molecule has 1 fully saturated rings. The number of benzene rings is 1. The molecule has 0 radical (unpaired) electrons. The molecule has 3 atom stereocenters. The van der Waals surface area contributed by atoms with Gasteiger partial charge in [-0.25, -0.2) is 4.39 Å². The molecule has 3 N–H and O–H groups in total. The lowest BCUT2D eigenvalue weighted by Crippen LogP contribution is -2.36. The SMILES string of the molecule is Cc1cc(C(C)NC(=O)[C@@H]2CCC[C@@H]2CN)ccc1F. The van der Waals surface area contributed by atoms with E-state index < -0.39 is 0 Å². The Balaban J connectivity index is 2.01. The number of carbonyl (C=O) groups is 1. The van der Waals surface area contributed by atoms with E-state index in [4.69, 9.17) is 5.73 Å². The first-order valence-electron chi connectivity index (χ1n) is 7.29. The van der Waals surface area contributed by atoms with Gasteiger partial charge in [-0.15, -0.1) is 0 Å². The van der Waals surface area contributed by atoms with Gasteiger partial charge in [0.15, 0.2) is 0 Å². The van der Waals surface area contributed by atoms with Crippen molar-refractivity contribution in [2.75, 3.05) is 6.54 Å². The Hall–Kier alpha value is -1.42. The molecule has 3 nitrogen and oxygen atoms in total. The standard InChI is InChI=1S/C16H23FN2O/c1-10-8-12(6-7-15(10)17)11(2)19-16(20)14-5-3-4-13(14)9-18/h6-8,11,13-14H,3-5,9,18H2,1-2H3,(H,19,20)/t11?,13-,14-/m1/s1. The summed E-state index contributed by atoms with van der Waals surface area (Å²) in [5, 5.41) is 3.03. The molecule has 2 rings (SSSR count). The fourth-order valence-corrected chi connectivity index (χ4v) is 3.01. The maximum atomic E-state index is 13.3. The summed E-state index contributed by atoms with van der Waals surface area (Å²) in [5.74, 6) is 0.194. The Morgan fingerprint density at radius 2 is 2.25 bits per heavy atom. The smallest absolute Gasteiger partial charge is 0.223 e. The van der Waals surface area contributed by atoms with Gasteiger partial charge in [0.05, 0.1) is 6.04 Å². The summed E-state index contributed by atoms with van der Waals surface area (Å²) in [6, 6.07) is 4.85. The molecule has 0 bridgehead atoms. The van der Waals surface area contributed by atoms with Gasteiger partial charge in [0.1, 0.15) is 5.82 Å². The lowest BCUT2D eigenvalue weighted by Gasteiger charge is -2.21. The van der Waals surface area contributed by atoms with E-state index in [1.54, 1.807) is 19.1 Å². The van der Waals surface area contributed by atoms with Crippen LogP contribution in [0, 0.1) is 24.6 Å². The number of carbonyl (C=O) groups excluding carboxylic acids is 1. The number of nitrogens with two attached hydrogens (primary N) is 1. The number of halogens is 1. The van der Waals surface area contributed by atoms with E-state index in [-0.39, 0.29) is 23.7 Å². The minimum atomic E-state index is -0.216. The van der Waals surface area contributed by atoms with Crippen LogP contribution < -0.4 is 11.1 Å². The molecule has 1 unspecified atom stereocenters. The van der Waals surface area contributed by atoms with E-state index in [0.717, 1.165) is 24.8 Å². The fourth-order valence-electron chi connectivity index (χ4n) is 3.01. The average molecular weight is 278 g/mol. The lowest BCUT2D eigenvalue weighted by atomic mass is 9.94. The van der Waals surface area contributed by atoms with Crippen molar-refractivity contribution in [1.29, 1.82) is 0 Å². The first kappa shape index (κ1) is 15.0. The number of amides is 1. The third kappa shape index (κ3) is 3.18. The topological polar surface area (TPSA) is 55.1 Å². The molecule has 0 aromatic heterocycles. The van der Waals surface area contributed by atoms with Crippen LogP contribution in [0.15, 0.2) is 18.2 Å². The minimum absolute atomic E-state index is 0.0315. The molecule has 1 aliphatic rings. The van der Waals surface area contributed by atoms with Crippen LogP contribution in [-0.4, -0.2) is 12.5 Å². The molecule has 1 aromatic rings. The van der Waals surface area contributed by atoms with Crippen LogP contribution in [0.1, 0.15) is 43.4 Å². The summed E-state index contributed by atoms with van der Waals surface area (Å²) < 4.78 is 13.3. The molecule has 0 heterocycles. The second-order valence-corrected chi connectivity index (χ2v) is 5.77. The van der Waals surface area contributed by atoms with Gasteiger partial charge >= 0.3 is 0 Å². The quantitative estimate of drug-likeness (QED) is 0.889. The van der Waals surface area contributed by atoms with Gasteiger partial charge in [0.2, 0.25) is 5.91 Å². The monoisotopic (exact) mass is 278 g/mol. The van der Waals surface area contributed by atoms with Crippen LogP contribution in [0.2, 0.25) is 0 Å². The molecule has 20 heavy (non-hydrogen) atoms. The largest absolute Gasteiger partial charge is 0.349 e. The number of aryl methyl sites for hydroxylation is 1. The van der Waals surface area contributed by atoms with Crippen molar-refractivity contribution < 1.29 is 9.18 Å². The summed E-state index contributed by atoms with van der Waals surface area (Å²) in [7, 11) is 0. The Bertz CT molecular complexity index is 489. The van der Waals surface area contributed by atoms with Gasteiger partial charge in [-0.1, -0.05) is 18.6 Å². The van der Waals surface area contributed by atoms with E-state index in [9.17, 15) is 9.18 Å². The third-order valence-electron chi connectivity index (χ3n) is 4.34. The first-order chi connectivity index (χ1) is 9.52. The molecule has 1 saturated carbocycles. The van der Waals surface area contributed by atoms with E-state index in [1.807, 2.05) is 6.92 Å². The van der Waals surface area contributed by atoms with Gasteiger partial charge in [-0.3, -0.25) is 4.79 Å². The van der Waals surface area contributed by atoms with Gasteiger partial charge in [-0.05, 0) is 56.3 Å². The summed E-state index contributed by atoms with van der Waals surface area (Å²) in [4.78, 5) is 12.3. The van der Waals surface area contributed by atoms with Crippen LogP contribution >= 0.6 is 0 Å². The van der Waals surface area contributed by atoms with Crippen LogP contribution in [0.5, 0.6) is 0 Å². The Kier molecular flexibility index (Phi) is 4.76. The van der Waals surface area contributed by atoms with Crippen LogP contribution in [-0.2, 0) is 4.79 Å². The van der Waals surface area contributed by atoms with Crippen LogP contribution in [0.3, 0.4) is 0 Å². The van der Waals surface area contributed by atoms with Crippen LogP contribution in [0.4, 0.5) is 4.39 Å². The normalized spacial score (nSPS) is 23.6. The second-order valence-electron chi connectivity index (χ2n) is 5.77. The van der Waals surface area contributed by atoms with Gasteiger partial charge in [-0.2, -0.15) is 0 Å². The number of hydrogen-bond acceptors (Lipinski definition) is 2. The second kappa shape index (κ2) is 6.35. The molecule has 1 aliphatic carbocycles. The number of nitrogens with one attached hydrogen (secondary N) is 1. The number of rotatable bonds is 4. The van der Waals surface area contributed by atoms with Crippen molar-refractivity contribution in [2.24, 2.45) is 17.6 Å². The summed E-state index contributed by atoms with van der Waals surface area (Å²) in [6.45, 7) is 4.23. The zero-order valence-electron chi connectivity index (χ0n) is 12.2. The van der Waals surface area contributed by atoms with Crippen molar-refractivity contribution in [3.05, 3.63) is 35.1 Å². The summed E-state index contributed by atoms with van der Waals surface area (Å²) in [6.07, 6.45) is 3.03. The molecule has 0 saturated heterocycles. The maximum Gasteiger partial charge on any atom is 0.223 e. The van der Waals surface area contributed by atoms with Crippen LogP contribution in [0.25, 0.3) is 0 Å². The highest BCUT2D eigenvalue weighted by Gasteiger charge is 2.32. The molecule has 4 heteroatoms. The zero-order valence-corrected chi connectivity index (χ0v) is 12.2. The molecule has 0 spiro atoms. The van der Waals surface area contributed by atoms with Crippen molar-refractivity contribution in [2.45, 2.75) is 39.2 Å². The molecule has 0 aliphatic heterocycles. The van der Waals surface area contributed by atoms with Crippen molar-refractivity contribution in [3.8, 4) is 0 Å². The van der Waals surface area contributed by atoms with Gasteiger partial charge in [0.25, 0.3) is 0 Å². The summed E-state index contributed by atoms with van der Waals surface area (Å²) in [5.41, 5.74) is 7.25. The van der Waals surface area contributed by atoms with Crippen molar-refractivity contribution >= 4 is 5.91 Å². The minimum Gasteiger partial charge on any atom is -0.349 e. The van der Waals surface area contributed by atoms with E-state index in [1.165, 1.54) is 6.07 Å². The van der Waals surface area contributed by atoms with Crippen molar-refractivity contribution in [3.63, 3.8) is 0 Å². The molecule has 1 aromatic carbocycles. The Labute approximate surface area is 119 Å². The van der Waals surface area contributed by atoms with E-state index in [0.29, 0.717) is 18.0 Å². The zero-order chi connectivity index (χ0) is 14.7. The Morgan fingerprint density at radius 3 is 2.90 bits per heavy atom. The highest BCUT2D eigenvalue weighted by molar-refractivity contribution is 5.79. The maximum absolute atomic E-state index is 13.3. The predicted octanol–water partition coefficient (Wildman–Crippen LogP) is 2.69. The van der Waals surface area contributed by atoms with E-state index in [2.05, 4.69) is 5.32 Å². The third-order valence-corrected chi connectivity index (χ3v) is 4.34. The Morgan fingerprint density at radius 1 is 1.50 bits per heavy atom. The fraction of sp³-hybridized carbons (Fsp3) is 0.562. The van der Waals surface area contributed by atoms with Gasteiger partial charge in [0, 0.05) is 5.92 Å². The molecule has 1 amide bonds.